The lowest BCUT2D eigenvalue weighted by molar-refractivity contribution is 0.0997. The molecule has 0 aliphatic heterocycles. The Bertz CT molecular complexity index is 758. The lowest BCUT2D eigenvalue weighted by Gasteiger charge is -2.02. The van der Waals surface area contributed by atoms with Gasteiger partial charge in [0.15, 0.2) is 5.69 Å². The summed E-state index contributed by atoms with van der Waals surface area (Å²) in [7, 11) is 0. The molecule has 18 heavy (non-hydrogen) atoms. The van der Waals surface area contributed by atoms with Crippen molar-refractivity contribution in [2.45, 2.75) is 13.3 Å². The maximum Gasteiger partial charge on any atom is 0.269 e. The zero-order valence-electron chi connectivity index (χ0n) is 10.0. The second kappa shape index (κ2) is 3.84. The smallest absolute Gasteiger partial charge is 0.269 e. The Morgan fingerprint density at radius 1 is 1.28 bits per heavy atom. The van der Waals surface area contributed by atoms with Crippen molar-refractivity contribution in [2.75, 3.05) is 0 Å². The summed E-state index contributed by atoms with van der Waals surface area (Å²) in [4.78, 5) is 11.3. The SMILES string of the molecule is CCc1ccc2cc3c(C(N)=O)n[nH]c3cc2c1. The lowest BCUT2D eigenvalue weighted by atomic mass is 10.0. The van der Waals surface area contributed by atoms with Crippen LogP contribution < -0.4 is 5.73 Å². The number of amides is 1. The molecule has 90 valence electrons. The van der Waals surface area contributed by atoms with Crippen molar-refractivity contribution in [3.05, 3.63) is 41.6 Å². The van der Waals surface area contributed by atoms with Gasteiger partial charge in [0.05, 0.1) is 5.52 Å². The minimum atomic E-state index is -0.509. The number of nitrogens with one attached hydrogen (secondary N) is 1. The van der Waals surface area contributed by atoms with Crippen molar-refractivity contribution >= 4 is 27.6 Å². The molecule has 0 bridgehead atoms. The standard InChI is InChI=1S/C14H13N3O/c1-2-8-3-4-9-6-11-12(7-10(9)5-8)16-17-13(11)14(15)18/h3-7H,2H2,1H3,(H2,15,18)(H,16,17). The number of aromatic nitrogens is 2. The molecule has 3 N–H and O–H groups in total. The molecule has 0 atom stereocenters. The zero-order valence-corrected chi connectivity index (χ0v) is 10.0. The van der Waals surface area contributed by atoms with Crippen molar-refractivity contribution < 1.29 is 4.79 Å². The van der Waals surface area contributed by atoms with Crippen molar-refractivity contribution in [1.82, 2.24) is 10.2 Å². The van der Waals surface area contributed by atoms with Crippen LogP contribution in [0, 0.1) is 0 Å². The van der Waals surface area contributed by atoms with E-state index in [9.17, 15) is 4.79 Å². The number of H-pyrrole nitrogens is 1. The third-order valence-corrected chi connectivity index (χ3v) is 3.23. The van der Waals surface area contributed by atoms with E-state index in [4.69, 9.17) is 5.73 Å². The van der Waals surface area contributed by atoms with Gasteiger partial charge in [0.2, 0.25) is 0 Å². The van der Waals surface area contributed by atoms with Gasteiger partial charge in [-0.05, 0) is 34.9 Å². The molecule has 1 heterocycles. The van der Waals surface area contributed by atoms with Gasteiger partial charge in [-0.1, -0.05) is 25.1 Å². The minimum absolute atomic E-state index is 0.298. The van der Waals surface area contributed by atoms with E-state index in [1.807, 2.05) is 12.1 Å². The predicted molar refractivity (Wildman–Crippen MR) is 71.5 cm³/mol. The first-order valence-corrected chi connectivity index (χ1v) is 5.89. The van der Waals surface area contributed by atoms with Gasteiger partial charge < -0.3 is 5.73 Å². The summed E-state index contributed by atoms with van der Waals surface area (Å²) in [5.74, 6) is -0.509. The molecular weight excluding hydrogens is 226 g/mol. The van der Waals surface area contributed by atoms with Gasteiger partial charge >= 0.3 is 0 Å². The number of aromatic amines is 1. The molecule has 0 aliphatic rings. The number of hydrogen-bond acceptors (Lipinski definition) is 2. The number of benzene rings is 2. The number of rotatable bonds is 2. The first kappa shape index (κ1) is 10.8. The maximum absolute atomic E-state index is 11.3. The normalized spacial score (nSPS) is 11.2. The monoisotopic (exact) mass is 239 g/mol. The molecule has 0 aliphatic carbocycles. The van der Waals surface area contributed by atoms with Crippen molar-refractivity contribution in [3.63, 3.8) is 0 Å². The van der Waals surface area contributed by atoms with Crippen LogP contribution in [0.4, 0.5) is 0 Å². The highest BCUT2D eigenvalue weighted by atomic mass is 16.1. The van der Waals surface area contributed by atoms with Gasteiger partial charge in [0, 0.05) is 5.39 Å². The number of carbonyl (C=O) groups excluding carboxylic acids is 1. The van der Waals surface area contributed by atoms with Crippen LogP contribution >= 0.6 is 0 Å². The Morgan fingerprint density at radius 2 is 2.11 bits per heavy atom. The number of primary amides is 1. The zero-order chi connectivity index (χ0) is 12.7. The molecule has 1 aromatic heterocycles. The molecule has 0 radical (unpaired) electrons. The molecule has 4 heteroatoms. The number of aryl methyl sites for hydroxylation is 1. The fourth-order valence-corrected chi connectivity index (χ4v) is 2.22. The second-order valence-corrected chi connectivity index (χ2v) is 4.37. The largest absolute Gasteiger partial charge is 0.364 e. The van der Waals surface area contributed by atoms with E-state index >= 15 is 0 Å². The molecule has 3 rings (SSSR count). The van der Waals surface area contributed by atoms with E-state index in [0.717, 1.165) is 28.1 Å². The molecule has 3 aromatic rings. The van der Waals surface area contributed by atoms with E-state index < -0.39 is 5.91 Å². The molecule has 2 aromatic carbocycles. The Kier molecular flexibility index (Phi) is 2.30. The topological polar surface area (TPSA) is 71.8 Å². The third kappa shape index (κ3) is 1.54. The Hall–Kier alpha value is -2.36. The Morgan fingerprint density at radius 3 is 2.83 bits per heavy atom. The number of fused-ring (bicyclic) bond motifs is 2. The van der Waals surface area contributed by atoms with Crippen LogP contribution in [-0.4, -0.2) is 16.1 Å². The van der Waals surface area contributed by atoms with Gasteiger partial charge in [0.1, 0.15) is 0 Å². The van der Waals surface area contributed by atoms with E-state index in [2.05, 4.69) is 35.3 Å². The average molecular weight is 239 g/mol. The first-order valence-electron chi connectivity index (χ1n) is 5.89. The summed E-state index contributed by atoms with van der Waals surface area (Å²) < 4.78 is 0. The number of nitrogens with two attached hydrogens (primary N) is 1. The van der Waals surface area contributed by atoms with E-state index in [-0.39, 0.29) is 0 Å². The summed E-state index contributed by atoms with van der Waals surface area (Å²) in [6.07, 6.45) is 1.00. The van der Waals surface area contributed by atoms with Gasteiger partial charge in [-0.25, -0.2) is 0 Å². The molecule has 4 nitrogen and oxygen atoms in total. The average Bonchev–Trinajstić information content (AvgIpc) is 2.78. The van der Waals surface area contributed by atoms with Gasteiger partial charge in [-0.2, -0.15) is 5.10 Å². The van der Waals surface area contributed by atoms with Gasteiger partial charge in [-0.3, -0.25) is 9.89 Å². The summed E-state index contributed by atoms with van der Waals surface area (Å²) in [6, 6.07) is 10.3. The van der Waals surface area contributed by atoms with Crippen LogP contribution in [0.1, 0.15) is 23.0 Å². The highest BCUT2D eigenvalue weighted by Gasteiger charge is 2.11. The molecule has 0 spiro atoms. The second-order valence-electron chi connectivity index (χ2n) is 4.37. The van der Waals surface area contributed by atoms with E-state index in [0.29, 0.717) is 5.69 Å². The molecular formula is C14H13N3O. The molecule has 0 saturated carbocycles. The van der Waals surface area contributed by atoms with E-state index in [1.165, 1.54) is 5.56 Å². The molecule has 0 saturated heterocycles. The summed E-state index contributed by atoms with van der Waals surface area (Å²) >= 11 is 0. The summed E-state index contributed by atoms with van der Waals surface area (Å²) in [5.41, 5.74) is 7.72. The van der Waals surface area contributed by atoms with Crippen molar-refractivity contribution in [2.24, 2.45) is 5.73 Å². The summed E-state index contributed by atoms with van der Waals surface area (Å²) in [6.45, 7) is 2.13. The molecule has 0 unspecified atom stereocenters. The van der Waals surface area contributed by atoms with Gasteiger partial charge in [0.25, 0.3) is 5.91 Å². The van der Waals surface area contributed by atoms with Crippen LogP contribution in [0.2, 0.25) is 0 Å². The minimum Gasteiger partial charge on any atom is -0.364 e. The van der Waals surface area contributed by atoms with Crippen LogP contribution in [0.5, 0.6) is 0 Å². The Labute approximate surface area is 104 Å². The summed E-state index contributed by atoms with van der Waals surface area (Å²) in [5, 5.41) is 9.81. The fourth-order valence-electron chi connectivity index (χ4n) is 2.22. The molecule has 1 amide bonds. The quantitative estimate of drug-likeness (QED) is 0.720. The van der Waals surface area contributed by atoms with E-state index in [1.54, 1.807) is 0 Å². The van der Waals surface area contributed by atoms with Crippen LogP contribution in [-0.2, 0) is 6.42 Å². The lowest BCUT2D eigenvalue weighted by Crippen LogP contribution is -2.11. The third-order valence-electron chi connectivity index (χ3n) is 3.23. The fraction of sp³-hybridized carbons (Fsp3) is 0.143. The Balaban J connectivity index is 2.34. The number of carbonyl (C=O) groups is 1. The predicted octanol–water partition coefficient (Wildman–Crippen LogP) is 2.38. The van der Waals surface area contributed by atoms with Crippen LogP contribution in [0.3, 0.4) is 0 Å². The van der Waals surface area contributed by atoms with Crippen molar-refractivity contribution in [1.29, 1.82) is 0 Å². The van der Waals surface area contributed by atoms with Crippen LogP contribution in [0.25, 0.3) is 21.7 Å². The molecule has 0 fully saturated rings. The highest BCUT2D eigenvalue weighted by molar-refractivity contribution is 6.08. The first-order chi connectivity index (χ1) is 8.69. The number of nitrogens with zero attached hydrogens (tertiary/aromatic N) is 1. The van der Waals surface area contributed by atoms with Crippen LogP contribution in [0.15, 0.2) is 30.3 Å². The highest BCUT2D eigenvalue weighted by Crippen LogP contribution is 2.24. The maximum atomic E-state index is 11.3. The van der Waals surface area contributed by atoms with Crippen molar-refractivity contribution in [3.8, 4) is 0 Å². The number of hydrogen-bond donors (Lipinski definition) is 2. The van der Waals surface area contributed by atoms with Gasteiger partial charge in [-0.15, -0.1) is 0 Å².